The number of allylic oxidation sites excluding steroid dienone is 1. The summed E-state index contributed by atoms with van der Waals surface area (Å²) < 4.78 is 28.5. The number of nitrogens with one attached hydrogen (secondary N) is 3. The lowest BCUT2D eigenvalue weighted by Crippen LogP contribution is -2.45. The van der Waals surface area contributed by atoms with Gasteiger partial charge in [0.1, 0.15) is 6.61 Å². The maximum Gasteiger partial charge on any atom is 0.337 e. The molecule has 0 fully saturated rings. The highest BCUT2D eigenvalue weighted by atomic mass is 79.9. The minimum atomic E-state index is -1.14. The molecule has 0 aromatic heterocycles. The third kappa shape index (κ3) is 8.27. The first-order valence-electron chi connectivity index (χ1n) is 13.0. The number of amides is 2. The predicted octanol–water partition coefficient (Wildman–Crippen LogP) is 3.77. The Hall–Kier alpha value is -3.97. The summed E-state index contributed by atoms with van der Waals surface area (Å²) in [6, 6.07) is 7.42. The van der Waals surface area contributed by atoms with Crippen LogP contribution in [0.4, 0.5) is 4.79 Å². The van der Waals surface area contributed by atoms with E-state index < -0.39 is 24.3 Å². The number of nitrogens with zero attached hydrogens (tertiary/aromatic N) is 1. The van der Waals surface area contributed by atoms with E-state index in [0.29, 0.717) is 54.1 Å². The summed E-state index contributed by atoms with van der Waals surface area (Å²) >= 11 is 3.49. The first-order chi connectivity index (χ1) is 19.7. The third-order valence-electron chi connectivity index (χ3n) is 5.73. The van der Waals surface area contributed by atoms with Crippen LogP contribution in [0.5, 0.6) is 23.0 Å². The van der Waals surface area contributed by atoms with Crippen LogP contribution in [0.3, 0.4) is 0 Å². The van der Waals surface area contributed by atoms with Crippen LogP contribution >= 0.6 is 15.9 Å². The quantitative estimate of drug-likeness (QED) is 0.105. The van der Waals surface area contributed by atoms with Crippen LogP contribution in [0.1, 0.15) is 44.9 Å². The predicted molar refractivity (Wildman–Crippen MR) is 155 cm³/mol. The van der Waals surface area contributed by atoms with Crippen LogP contribution in [-0.4, -0.2) is 63.1 Å². The normalized spacial score (nSPS) is 15.6. The average Bonchev–Trinajstić information content (AvgIpc) is 2.93. The maximum atomic E-state index is 12.4. The van der Waals surface area contributed by atoms with Crippen molar-refractivity contribution in [3.8, 4) is 23.0 Å². The molecule has 0 saturated carbocycles. The van der Waals surface area contributed by atoms with Crippen LogP contribution < -0.4 is 35.0 Å². The number of benzene rings is 2. The molecule has 1 aliphatic rings. The SMILES string of the molecule is CCOc1cc([C@H]2NC(=O)NC(C)=C2C(=O)OC)ccc1OC[C@@H](O)N/N=C/c1cc(Br)c(OCC)c(OCC)c1. The molecule has 2 aromatic rings. The maximum absolute atomic E-state index is 12.4. The van der Waals surface area contributed by atoms with Crippen LogP contribution in [0, 0.1) is 0 Å². The molecular weight excluding hydrogens is 600 g/mol. The summed E-state index contributed by atoms with van der Waals surface area (Å²) in [5, 5.41) is 19.8. The van der Waals surface area contributed by atoms with Crippen molar-refractivity contribution >= 4 is 34.1 Å². The molecule has 2 amide bonds. The number of aliphatic hydroxyl groups excluding tert-OH is 1. The van der Waals surface area contributed by atoms with Crippen molar-refractivity contribution in [1.82, 2.24) is 16.1 Å². The van der Waals surface area contributed by atoms with Crippen molar-refractivity contribution in [3.05, 3.63) is 57.2 Å². The topological polar surface area (TPSA) is 149 Å². The molecule has 1 heterocycles. The van der Waals surface area contributed by atoms with Crippen molar-refractivity contribution < 1.29 is 38.4 Å². The second-order valence-electron chi connectivity index (χ2n) is 8.61. The van der Waals surface area contributed by atoms with Gasteiger partial charge in [-0.05, 0) is 79.0 Å². The van der Waals surface area contributed by atoms with Crippen molar-refractivity contribution in [2.45, 2.75) is 40.0 Å². The van der Waals surface area contributed by atoms with Gasteiger partial charge in [-0.25, -0.2) is 9.59 Å². The van der Waals surface area contributed by atoms with Gasteiger partial charge in [0.2, 0.25) is 0 Å². The molecule has 12 nitrogen and oxygen atoms in total. The second-order valence-corrected chi connectivity index (χ2v) is 9.47. The van der Waals surface area contributed by atoms with E-state index in [1.807, 2.05) is 26.8 Å². The van der Waals surface area contributed by atoms with Gasteiger partial charge in [0.25, 0.3) is 0 Å². The molecule has 0 spiro atoms. The van der Waals surface area contributed by atoms with E-state index in [0.717, 1.165) is 10.0 Å². The van der Waals surface area contributed by atoms with Gasteiger partial charge < -0.3 is 39.4 Å². The minimum absolute atomic E-state index is 0.148. The van der Waals surface area contributed by atoms with Crippen molar-refractivity contribution in [1.29, 1.82) is 0 Å². The molecule has 0 bridgehead atoms. The van der Waals surface area contributed by atoms with E-state index >= 15 is 0 Å². The van der Waals surface area contributed by atoms with E-state index in [1.165, 1.54) is 13.3 Å². The van der Waals surface area contributed by atoms with Crippen LogP contribution in [0.25, 0.3) is 0 Å². The standard InChI is InChI=1S/C28H35BrN4O8/c1-6-38-21-13-18(25-24(27(35)37-5)16(4)31-28(36)32-25)9-10-20(21)41-15-23(34)33-30-14-17-11-19(29)26(40-8-3)22(12-17)39-7-2/h9-14,23,25,33-34H,6-8,15H2,1-5H3,(H2,31,32,36)/b30-14+/t23-,25-/m1/s1. The Bertz CT molecular complexity index is 1300. The summed E-state index contributed by atoms with van der Waals surface area (Å²) in [4.78, 5) is 24.5. The van der Waals surface area contributed by atoms with Gasteiger partial charge in [-0.1, -0.05) is 6.07 Å². The highest BCUT2D eigenvalue weighted by molar-refractivity contribution is 9.10. The van der Waals surface area contributed by atoms with Crippen molar-refractivity contribution in [3.63, 3.8) is 0 Å². The number of aliphatic hydroxyl groups is 1. The van der Waals surface area contributed by atoms with E-state index in [9.17, 15) is 14.7 Å². The lowest BCUT2D eigenvalue weighted by molar-refractivity contribution is -0.136. The molecule has 41 heavy (non-hydrogen) atoms. The Morgan fingerprint density at radius 2 is 1.78 bits per heavy atom. The molecule has 4 N–H and O–H groups in total. The summed E-state index contributed by atoms with van der Waals surface area (Å²) in [5.74, 6) is 1.35. The zero-order valence-electron chi connectivity index (χ0n) is 23.6. The highest BCUT2D eigenvalue weighted by Crippen LogP contribution is 2.37. The largest absolute Gasteiger partial charge is 0.490 e. The van der Waals surface area contributed by atoms with Crippen LogP contribution in [0.15, 0.2) is 51.2 Å². The van der Waals surface area contributed by atoms with Gasteiger partial charge in [-0.3, -0.25) is 5.43 Å². The summed E-state index contributed by atoms with van der Waals surface area (Å²) in [7, 11) is 1.28. The highest BCUT2D eigenvalue weighted by Gasteiger charge is 2.32. The monoisotopic (exact) mass is 634 g/mol. The van der Waals surface area contributed by atoms with E-state index in [1.54, 1.807) is 31.2 Å². The number of carbonyl (C=O) groups is 2. The fraction of sp³-hybridized carbons (Fsp3) is 0.393. The third-order valence-corrected chi connectivity index (χ3v) is 6.32. The van der Waals surface area contributed by atoms with Gasteiger partial charge in [-0.2, -0.15) is 5.10 Å². The molecule has 2 atom stereocenters. The van der Waals surface area contributed by atoms with Gasteiger partial charge in [0.15, 0.2) is 29.2 Å². The van der Waals surface area contributed by atoms with Gasteiger partial charge in [-0.15, -0.1) is 0 Å². The lowest BCUT2D eigenvalue weighted by atomic mass is 9.95. The fourth-order valence-corrected chi connectivity index (χ4v) is 4.60. The zero-order chi connectivity index (χ0) is 29.9. The van der Waals surface area contributed by atoms with Crippen LogP contribution in [0.2, 0.25) is 0 Å². The number of urea groups is 1. The molecule has 0 aliphatic carbocycles. The molecule has 1 aliphatic heterocycles. The van der Waals surface area contributed by atoms with E-state index in [4.69, 9.17) is 23.7 Å². The molecule has 3 rings (SSSR count). The first kappa shape index (κ1) is 31.6. The van der Waals surface area contributed by atoms with Gasteiger partial charge in [0, 0.05) is 5.70 Å². The van der Waals surface area contributed by atoms with E-state index in [-0.39, 0.29) is 12.2 Å². The Labute approximate surface area is 247 Å². The number of methoxy groups -OCH3 is 1. The summed E-state index contributed by atoms with van der Waals surface area (Å²) in [6.45, 7) is 8.37. The molecule has 0 saturated heterocycles. The van der Waals surface area contributed by atoms with E-state index in [2.05, 4.69) is 37.1 Å². The molecule has 2 aromatic carbocycles. The molecule has 0 radical (unpaired) electrons. The number of ether oxygens (including phenoxy) is 5. The smallest absolute Gasteiger partial charge is 0.337 e. The van der Waals surface area contributed by atoms with Crippen LogP contribution in [-0.2, 0) is 9.53 Å². The van der Waals surface area contributed by atoms with Crippen molar-refractivity contribution in [2.24, 2.45) is 5.10 Å². The molecule has 222 valence electrons. The average molecular weight is 636 g/mol. The second kappa shape index (κ2) is 15.1. The Balaban J connectivity index is 1.70. The fourth-order valence-electron chi connectivity index (χ4n) is 4.03. The Kier molecular flexibility index (Phi) is 11.7. The van der Waals surface area contributed by atoms with Crippen molar-refractivity contribution in [2.75, 3.05) is 33.5 Å². The number of hydrazone groups is 1. The molecule has 13 heteroatoms. The summed E-state index contributed by atoms with van der Waals surface area (Å²) in [5.41, 5.74) is 4.60. The number of hydrogen-bond acceptors (Lipinski definition) is 10. The number of carbonyl (C=O) groups excluding carboxylic acids is 2. The summed E-state index contributed by atoms with van der Waals surface area (Å²) in [6.07, 6.45) is 0.395. The number of halogens is 1. The molecule has 0 unspecified atom stereocenters. The Morgan fingerprint density at radius 1 is 1.07 bits per heavy atom. The number of esters is 1. The first-order valence-corrected chi connectivity index (χ1v) is 13.8. The number of hydrogen-bond donors (Lipinski definition) is 4. The minimum Gasteiger partial charge on any atom is -0.490 e. The number of rotatable bonds is 14. The molecular formula is C28H35BrN4O8. The van der Waals surface area contributed by atoms with Gasteiger partial charge in [0.05, 0.1) is 49.2 Å². The Morgan fingerprint density at radius 3 is 2.46 bits per heavy atom. The lowest BCUT2D eigenvalue weighted by Gasteiger charge is -2.28. The zero-order valence-corrected chi connectivity index (χ0v) is 25.2. The van der Waals surface area contributed by atoms with Gasteiger partial charge >= 0.3 is 12.0 Å².